The molecule has 21 heavy (non-hydrogen) atoms. The lowest BCUT2D eigenvalue weighted by molar-refractivity contribution is 0.0943. The standard InChI is InChI=1S/C15H14FN3O2/c1-10-7-12(21-19-10)9-18-15(20)13-8-11(3-2-6-17)4-5-14(13)16/h4-5,7-8H,6,9,17H2,1H3,(H,18,20). The lowest BCUT2D eigenvalue weighted by Crippen LogP contribution is -2.23. The van der Waals surface area contributed by atoms with Gasteiger partial charge < -0.3 is 15.6 Å². The van der Waals surface area contributed by atoms with Crippen LogP contribution in [0, 0.1) is 24.6 Å². The van der Waals surface area contributed by atoms with Gasteiger partial charge in [-0.25, -0.2) is 4.39 Å². The van der Waals surface area contributed by atoms with Gasteiger partial charge in [0.25, 0.3) is 5.91 Å². The van der Waals surface area contributed by atoms with Gasteiger partial charge in [0.2, 0.25) is 0 Å². The van der Waals surface area contributed by atoms with Crippen LogP contribution in [0.2, 0.25) is 0 Å². The first-order chi connectivity index (χ1) is 10.1. The van der Waals surface area contributed by atoms with E-state index in [1.165, 1.54) is 18.2 Å². The molecule has 0 aliphatic heterocycles. The second-order valence-corrected chi connectivity index (χ2v) is 4.32. The summed E-state index contributed by atoms with van der Waals surface area (Å²) in [6, 6.07) is 5.78. The van der Waals surface area contributed by atoms with Crippen molar-refractivity contribution in [2.24, 2.45) is 5.73 Å². The van der Waals surface area contributed by atoms with Crippen LogP contribution in [0.4, 0.5) is 4.39 Å². The molecule has 0 saturated heterocycles. The van der Waals surface area contributed by atoms with Crippen LogP contribution in [0.25, 0.3) is 0 Å². The van der Waals surface area contributed by atoms with Gasteiger partial charge in [0.15, 0.2) is 5.76 Å². The Morgan fingerprint density at radius 1 is 1.48 bits per heavy atom. The third-order valence-corrected chi connectivity index (χ3v) is 2.65. The topological polar surface area (TPSA) is 81.2 Å². The molecule has 2 rings (SSSR count). The van der Waals surface area contributed by atoms with Crippen LogP contribution in [-0.4, -0.2) is 17.6 Å². The summed E-state index contributed by atoms with van der Waals surface area (Å²) in [5.41, 5.74) is 6.44. The van der Waals surface area contributed by atoms with Gasteiger partial charge in [-0.3, -0.25) is 4.79 Å². The Hall–Kier alpha value is -2.65. The van der Waals surface area contributed by atoms with E-state index >= 15 is 0 Å². The lowest BCUT2D eigenvalue weighted by Gasteiger charge is -2.04. The number of nitrogens with one attached hydrogen (secondary N) is 1. The van der Waals surface area contributed by atoms with Crippen LogP contribution in [-0.2, 0) is 6.54 Å². The average molecular weight is 287 g/mol. The van der Waals surface area contributed by atoms with E-state index in [1.54, 1.807) is 13.0 Å². The van der Waals surface area contributed by atoms with E-state index in [4.69, 9.17) is 10.3 Å². The summed E-state index contributed by atoms with van der Waals surface area (Å²) in [5, 5.41) is 6.27. The Morgan fingerprint density at radius 3 is 2.95 bits per heavy atom. The molecule has 108 valence electrons. The molecule has 6 heteroatoms. The minimum Gasteiger partial charge on any atom is -0.359 e. The predicted octanol–water partition coefficient (Wildman–Crippen LogP) is 1.36. The molecule has 5 nitrogen and oxygen atoms in total. The number of hydrogen-bond donors (Lipinski definition) is 2. The first-order valence-electron chi connectivity index (χ1n) is 6.29. The molecule has 0 aliphatic carbocycles. The molecule has 0 bridgehead atoms. The molecule has 1 heterocycles. The zero-order valence-corrected chi connectivity index (χ0v) is 11.4. The predicted molar refractivity (Wildman–Crippen MR) is 74.7 cm³/mol. The molecule has 0 radical (unpaired) electrons. The molecular formula is C15H14FN3O2. The fourth-order valence-corrected chi connectivity index (χ4v) is 1.69. The van der Waals surface area contributed by atoms with Crippen molar-refractivity contribution in [3.63, 3.8) is 0 Å². The molecule has 2 aromatic rings. The van der Waals surface area contributed by atoms with Crippen LogP contribution >= 0.6 is 0 Å². The highest BCUT2D eigenvalue weighted by atomic mass is 19.1. The number of benzene rings is 1. The zero-order chi connectivity index (χ0) is 15.2. The Balaban J connectivity index is 2.10. The first kappa shape index (κ1) is 14.8. The molecule has 1 amide bonds. The fourth-order valence-electron chi connectivity index (χ4n) is 1.69. The molecule has 0 unspecified atom stereocenters. The van der Waals surface area contributed by atoms with E-state index < -0.39 is 11.7 Å². The highest BCUT2D eigenvalue weighted by Crippen LogP contribution is 2.10. The third-order valence-electron chi connectivity index (χ3n) is 2.65. The van der Waals surface area contributed by atoms with Crippen molar-refractivity contribution < 1.29 is 13.7 Å². The normalized spacial score (nSPS) is 9.86. The summed E-state index contributed by atoms with van der Waals surface area (Å²) in [4.78, 5) is 12.0. The summed E-state index contributed by atoms with van der Waals surface area (Å²) >= 11 is 0. The Morgan fingerprint density at radius 2 is 2.29 bits per heavy atom. The smallest absolute Gasteiger partial charge is 0.254 e. The van der Waals surface area contributed by atoms with Crippen molar-refractivity contribution >= 4 is 5.91 Å². The van der Waals surface area contributed by atoms with Gasteiger partial charge in [-0.05, 0) is 25.1 Å². The van der Waals surface area contributed by atoms with Crippen LogP contribution < -0.4 is 11.1 Å². The second kappa shape index (κ2) is 6.68. The van der Waals surface area contributed by atoms with Crippen molar-refractivity contribution in [2.75, 3.05) is 6.54 Å². The number of amides is 1. The number of nitrogens with two attached hydrogens (primary N) is 1. The maximum absolute atomic E-state index is 13.7. The van der Waals surface area contributed by atoms with Gasteiger partial charge in [0.1, 0.15) is 5.82 Å². The maximum Gasteiger partial charge on any atom is 0.254 e. The Kier molecular flexibility index (Phi) is 4.69. The number of aryl methyl sites for hydroxylation is 1. The largest absolute Gasteiger partial charge is 0.359 e. The average Bonchev–Trinajstić information content (AvgIpc) is 2.89. The number of nitrogens with zero attached hydrogens (tertiary/aromatic N) is 1. The van der Waals surface area contributed by atoms with Crippen LogP contribution in [0.5, 0.6) is 0 Å². The van der Waals surface area contributed by atoms with Crippen LogP contribution in [0.1, 0.15) is 27.4 Å². The first-order valence-corrected chi connectivity index (χ1v) is 6.29. The van der Waals surface area contributed by atoms with Gasteiger partial charge in [-0.2, -0.15) is 0 Å². The minimum atomic E-state index is -0.612. The molecule has 1 aromatic heterocycles. The van der Waals surface area contributed by atoms with Crippen molar-refractivity contribution in [3.05, 3.63) is 52.7 Å². The molecule has 0 fully saturated rings. The van der Waals surface area contributed by atoms with Crippen LogP contribution in [0.3, 0.4) is 0 Å². The monoisotopic (exact) mass is 287 g/mol. The number of carbonyl (C=O) groups is 1. The van der Waals surface area contributed by atoms with Crippen molar-refractivity contribution in [1.29, 1.82) is 0 Å². The summed E-state index contributed by atoms with van der Waals surface area (Å²) in [6.45, 7) is 2.11. The van der Waals surface area contributed by atoms with Gasteiger partial charge in [-0.15, -0.1) is 0 Å². The highest BCUT2D eigenvalue weighted by molar-refractivity contribution is 5.94. The van der Waals surface area contributed by atoms with Gasteiger partial charge >= 0.3 is 0 Å². The molecule has 0 spiro atoms. The zero-order valence-electron chi connectivity index (χ0n) is 11.4. The molecule has 3 N–H and O–H groups in total. The van der Waals surface area contributed by atoms with E-state index in [9.17, 15) is 9.18 Å². The highest BCUT2D eigenvalue weighted by Gasteiger charge is 2.13. The third kappa shape index (κ3) is 3.91. The molecule has 1 aromatic carbocycles. The number of carbonyl (C=O) groups excluding carboxylic acids is 1. The van der Waals surface area contributed by atoms with E-state index in [0.29, 0.717) is 17.0 Å². The number of aromatic nitrogens is 1. The Bertz CT molecular complexity index is 713. The van der Waals surface area contributed by atoms with E-state index in [2.05, 4.69) is 22.3 Å². The van der Waals surface area contributed by atoms with Gasteiger partial charge in [0.05, 0.1) is 24.3 Å². The quantitative estimate of drug-likeness (QED) is 0.835. The second-order valence-electron chi connectivity index (χ2n) is 4.32. The molecule has 0 saturated carbocycles. The summed E-state index contributed by atoms with van der Waals surface area (Å²) in [7, 11) is 0. The van der Waals surface area contributed by atoms with Gasteiger partial charge in [0, 0.05) is 11.6 Å². The summed E-state index contributed by atoms with van der Waals surface area (Å²) < 4.78 is 18.7. The SMILES string of the molecule is Cc1cc(CNC(=O)c2cc(C#CCN)ccc2F)on1. The van der Waals surface area contributed by atoms with E-state index in [0.717, 1.165) is 0 Å². The summed E-state index contributed by atoms with van der Waals surface area (Å²) in [6.07, 6.45) is 0. The van der Waals surface area contributed by atoms with E-state index in [1.807, 2.05) is 0 Å². The van der Waals surface area contributed by atoms with E-state index in [-0.39, 0.29) is 18.7 Å². The number of halogens is 1. The number of rotatable bonds is 3. The van der Waals surface area contributed by atoms with Crippen molar-refractivity contribution in [3.8, 4) is 11.8 Å². The number of hydrogen-bond acceptors (Lipinski definition) is 4. The minimum absolute atomic E-state index is 0.0740. The van der Waals surface area contributed by atoms with Gasteiger partial charge in [-0.1, -0.05) is 17.0 Å². The molecule has 0 atom stereocenters. The fraction of sp³-hybridized carbons (Fsp3) is 0.200. The van der Waals surface area contributed by atoms with Crippen LogP contribution in [0.15, 0.2) is 28.8 Å². The summed E-state index contributed by atoms with van der Waals surface area (Å²) in [5.74, 6) is 4.75. The molecular weight excluding hydrogens is 273 g/mol. The van der Waals surface area contributed by atoms with Crippen molar-refractivity contribution in [1.82, 2.24) is 10.5 Å². The lowest BCUT2D eigenvalue weighted by atomic mass is 10.1. The maximum atomic E-state index is 13.7. The Labute approximate surface area is 121 Å². The molecule has 0 aliphatic rings. The van der Waals surface area contributed by atoms with Crippen molar-refractivity contribution in [2.45, 2.75) is 13.5 Å².